The summed E-state index contributed by atoms with van der Waals surface area (Å²) in [7, 11) is 0. The van der Waals surface area contributed by atoms with Crippen LogP contribution in [0.5, 0.6) is 0 Å². The third kappa shape index (κ3) is 12.6. The molecule has 4 nitrogen and oxygen atoms in total. The summed E-state index contributed by atoms with van der Waals surface area (Å²) in [6.07, 6.45) is 34.8. The molecule has 0 saturated carbocycles. The van der Waals surface area contributed by atoms with E-state index in [9.17, 15) is 10.5 Å². The Morgan fingerprint density at radius 1 is 0.446 bits per heavy atom. The Kier molecular flexibility index (Phi) is 18.1. The summed E-state index contributed by atoms with van der Waals surface area (Å²) < 4.78 is 4.68. The maximum absolute atomic E-state index is 10.4. The van der Waals surface area contributed by atoms with Gasteiger partial charge in [-0.3, -0.25) is 0 Å². The number of rotatable bonds is 26. The molecule has 5 aromatic rings. The molecule has 4 heteroatoms. The molecule has 0 aliphatic heterocycles. The molecule has 0 N–H and O–H groups in total. The molecule has 3 aromatic carbocycles. The predicted molar refractivity (Wildman–Crippen MR) is 241 cm³/mol. The Bertz CT molecular complexity index is 1910. The lowest BCUT2D eigenvalue weighted by molar-refractivity contribution is 0.538. The Labute approximate surface area is 338 Å². The van der Waals surface area contributed by atoms with Crippen molar-refractivity contribution in [2.45, 2.75) is 155 Å². The van der Waals surface area contributed by atoms with Gasteiger partial charge in [0.05, 0.1) is 23.3 Å². The maximum atomic E-state index is 10.4. The van der Waals surface area contributed by atoms with Gasteiger partial charge in [0.15, 0.2) is 0 Å². The summed E-state index contributed by atoms with van der Waals surface area (Å²) in [5.41, 5.74) is 7.62. The second kappa shape index (κ2) is 24.0. The standard InChI is InChI=1S/C52H66N4/c1-3-5-7-9-11-13-15-17-19-25-35-55-41-49(47-27-21-23-29-51(47)55)45(39-53)37-43-31-33-44(34-32-43)38-46(40-54)50-42-56(52-30-24-22-28-48(50)52)36-26-20-18-16-14-12-10-8-6-4-2/h21-24,27-34,37-38,41-42H,3-20,25-26,35-36H2,1-2H3/b45-37+,46-38+. The molecule has 0 fully saturated rings. The molecule has 0 atom stereocenters. The van der Waals surface area contributed by atoms with E-state index in [1.807, 2.05) is 12.2 Å². The van der Waals surface area contributed by atoms with Crippen LogP contribution in [0, 0.1) is 22.7 Å². The molecule has 0 amide bonds. The number of unbranched alkanes of at least 4 members (excludes halogenated alkanes) is 18. The zero-order chi connectivity index (χ0) is 39.2. The van der Waals surface area contributed by atoms with E-state index >= 15 is 0 Å². The van der Waals surface area contributed by atoms with Crippen molar-refractivity contribution in [3.05, 3.63) is 107 Å². The van der Waals surface area contributed by atoms with Crippen LogP contribution >= 0.6 is 0 Å². The van der Waals surface area contributed by atoms with Crippen molar-refractivity contribution in [3.8, 4) is 12.1 Å². The molecule has 0 unspecified atom stereocenters. The lowest BCUT2D eigenvalue weighted by Crippen LogP contribution is -1.96. The highest BCUT2D eigenvalue weighted by molar-refractivity contribution is 6.03. The Morgan fingerprint density at radius 2 is 0.768 bits per heavy atom. The molecule has 0 bridgehead atoms. The number of para-hydroxylation sites is 2. The van der Waals surface area contributed by atoms with Crippen LogP contribution in [-0.4, -0.2) is 9.13 Å². The van der Waals surface area contributed by atoms with Crippen molar-refractivity contribution in [1.82, 2.24) is 9.13 Å². The van der Waals surface area contributed by atoms with Gasteiger partial charge in [-0.25, -0.2) is 0 Å². The third-order valence-corrected chi connectivity index (χ3v) is 11.5. The molecule has 2 aromatic heterocycles. The number of allylic oxidation sites excluding steroid dienone is 2. The molecule has 2 heterocycles. The van der Waals surface area contributed by atoms with Crippen LogP contribution in [0.4, 0.5) is 0 Å². The average Bonchev–Trinajstić information content (AvgIpc) is 3.79. The molecule has 0 spiro atoms. The van der Waals surface area contributed by atoms with Crippen LogP contribution in [0.15, 0.2) is 85.2 Å². The maximum Gasteiger partial charge on any atom is 0.0998 e. The summed E-state index contributed by atoms with van der Waals surface area (Å²) in [6.45, 7) is 6.49. The summed E-state index contributed by atoms with van der Waals surface area (Å²) in [5, 5.41) is 23.0. The van der Waals surface area contributed by atoms with E-state index < -0.39 is 0 Å². The fourth-order valence-electron chi connectivity index (χ4n) is 8.19. The Balaban J connectivity index is 1.21. The van der Waals surface area contributed by atoms with Gasteiger partial charge in [-0.2, -0.15) is 10.5 Å². The van der Waals surface area contributed by atoms with Crippen molar-refractivity contribution in [1.29, 1.82) is 10.5 Å². The third-order valence-electron chi connectivity index (χ3n) is 11.5. The number of fused-ring (bicyclic) bond motifs is 2. The summed E-state index contributed by atoms with van der Waals surface area (Å²) in [5.74, 6) is 0. The first-order valence-electron chi connectivity index (χ1n) is 22.2. The molecular weight excluding hydrogens is 681 g/mol. The highest BCUT2D eigenvalue weighted by Crippen LogP contribution is 2.31. The predicted octanol–water partition coefficient (Wildman–Crippen LogP) is 15.6. The van der Waals surface area contributed by atoms with E-state index in [2.05, 4.69) is 120 Å². The topological polar surface area (TPSA) is 57.4 Å². The van der Waals surface area contributed by atoms with Gasteiger partial charge in [0.2, 0.25) is 0 Å². The van der Waals surface area contributed by atoms with E-state index in [1.54, 1.807) is 0 Å². The number of nitrogens with zero attached hydrogens (tertiary/aromatic N) is 4. The van der Waals surface area contributed by atoms with Crippen LogP contribution < -0.4 is 0 Å². The van der Waals surface area contributed by atoms with E-state index in [-0.39, 0.29) is 0 Å². The van der Waals surface area contributed by atoms with Gasteiger partial charge in [0.1, 0.15) is 0 Å². The molecule has 0 aliphatic carbocycles. The van der Waals surface area contributed by atoms with Gasteiger partial charge in [-0.1, -0.05) is 190 Å². The molecule has 5 rings (SSSR count). The van der Waals surface area contributed by atoms with E-state index in [0.717, 1.165) is 59.0 Å². The number of benzene rings is 3. The highest BCUT2D eigenvalue weighted by Gasteiger charge is 2.14. The van der Waals surface area contributed by atoms with Gasteiger partial charge in [-0.05, 0) is 48.3 Å². The van der Waals surface area contributed by atoms with Gasteiger partial charge >= 0.3 is 0 Å². The minimum absolute atomic E-state index is 0.666. The summed E-state index contributed by atoms with van der Waals surface area (Å²) >= 11 is 0. The Morgan fingerprint density at radius 3 is 1.11 bits per heavy atom. The fourth-order valence-corrected chi connectivity index (χ4v) is 8.19. The Hall–Kier alpha value is -4.80. The smallest absolute Gasteiger partial charge is 0.0998 e. The molecule has 56 heavy (non-hydrogen) atoms. The second-order valence-electron chi connectivity index (χ2n) is 15.9. The van der Waals surface area contributed by atoms with Crippen LogP contribution in [0.25, 0.3) is 45.1 Å². The minimum atomic E-state index is 0.666. The zero-order valence-corrected chi connectivity index (χ0v) is 34.6. The van der Waals surface area contributed by atoms with Crippen molar-refractivity contribution >= 4 is 45.1 Å². The molecule has 0 aliphatic rings. The quantitative estimate of drug-likeness (QED) is 0.0418. The van der Waals surface area contributed by atoms with Crippen molar-refractivity contribution < 1.29 is 0 Å². The average molecular weight is 747 g/mol. The normalized spacial score (nSPS) is 12.1. The lowest BCUT2D eigenvalue weighted by Gasteiger charge is -2.05. The van der Waals surface area contributed by atoms with Crippen molar-refractivity contribution in [3.63, 3.8) is 0 Å². The number of aromatic nitrogens is 2. The number of hydrogen-bond acceptors (Lipinski definition) is 2. The summed E-state index contributed by atoms with van der Waals surface area (Å²) in [4.78, 5) is 0. The molecule has 0 saturated heterocycles. The van der Waals surface area contributed by atoms with Crippen LogP contribution in [0.3, 0.4) is 0 Å². The van der Waals surface area contributed by atoms with E-state index in [1.165, 1.54) is 127 Å². The first-order valence-corrected chi connectivity index (χ1v) is 22.2. The van der Waals surface area contributed by atoms with Gasteiger partial charge < -0.3 is 9.13 Å². The summed E-state index contributed by atoms with van der Waals surface area (Å²) in [6, 6.07) is 30.1. The van der Waals surface area contributed by atoms with E-state index in [0.29, 0.717) is 11.1 Å². The number of hydrogen-bond donors (Lipinski definition) is 0. The minimum Gasteiger partial charge on any atom is -0.347 e. The van der Waals surface area contributed by atoms with Crippen molar-refractivity contribution in [2.24, 2.45) is 0 Å². The van der Waals surface area contributed by atoms with Crippen LogP contribution in [0.1, 0.15) is 165 Å². The molecule has 0 radical (unpaired) electrons. The molecule has 294 valence electrons. The highest BCUT2D eigenvalue weighted by atomic mass is 15.0. The first kappa shape index (κ1) is 42.3. The van der Waals surface area contributed by atoms with E-state index in [4.69, 9.17) is 0 Å². The van der Waals surface area contributed by atoms with Crippen LogP contribution in [0.2, 0.25) is 0 Å². The van der Waals surface area contributed by atoms with Gasteiger partial charge in [0, 0.05) is 58.4 Å². The largest absolute Gasteiger partial charge is 0.347 e. The zero-order valence-electron chi connectivity index (χ0n) is 34.6. The van der Waals surface area contributed by atoms with Gasteiger partial charge in [-0.15, -0.1) is 0 Å². The SMILES string of the molecule is CCCCCCCCCCCCn1cc(/C(C#N)=C/c2ccc(/C=C(\C#N)c3cn(CCCCCCCCCCCC)c4ccccc34)cc2)c2ccccc21. The number of nitriles is 2. The lowest BCUT2D eigenvalue weighted by atomic mass is 10.0. The van der Waals surface area contributed by atoms with Gasteiger partial charge in [0.25, 0.3) is 0 Å². The monoisotopic (exact) mass is 747 g/mol. The fraction of sp³-hybridized carbons (Fsp3) is 0.462. The molecular formula is C52H66N4. The second-order valence-corrected chi connectivity index (χ2v) is 15.9. The van der Waals surface area contributed by atoms with Crippen molar-refractivity contribution in [2.75, 3.05) is 0 Å². The van der Waals surface area contributed by atoms with Crippen LogP contribution in [-0.2, 0) is 13.1 Å². The number of aryl methyl sites for hydroxylation is 2. The first-order chi connectivity index (χ1) is 27.7.